The maximum absolute atomic E-state index is 3.51. The fourth-order valence-electron chi connectivity index (χ4n) is 2.09. The van der Waals surface area contributed by atoms with E-state index in [0.717, 1.165) is 39.3 Å². The van der Waals surface area contributed by atoms with Crippen molar-refractivity contribution in [2.45, 2.75) is 25.7 Å². The Kier molecular flexibility index (Phi) is 16.0. The molecule has 0 rings (SSSR count). The second-order valence-corrected chi connectivity index (χ2v) is 6.27. The van der Waals surface area contributed by atoms with Crippen LogP contribution in [0.3, 0.4) is 0 Å². The summed E-state index contributed by atoms with van der Waals surface area (Å²) in [6, 6.07) is 0. The second-order valence-electron chi connectivity index (χ2n) is 6.27. The molecule has 5 heteroatoms. The Labute approximate surface area is 132 Å². The lowest BCUT2D eigenvalue weighted by Gasteiger charge is -2.10. The monoisotopic (exact) mass is 301 g/mol. The molecule has 21 heavy (non-hydrogen) atoms. The zero-order chi connectivity index (χ0) is 15.8. The second kappa shape index (κ2) is 16.2. The van der Waals surface area contributed by atoms with Gasteiger partial charge in [-0.1, -0.05) is 0 Å². The zero-order valence-electron chi connectivity index (χ0n) is 14.9. The number of nitrogens with zero attached hydrogens (tertiary/aromatic N) is 2. The minimum absolute atomic E-state index is 1.13. The maximum Gasteiger partial charge on any atom is -0.00127 e. The summed E-state index contributed by atoms with van der Waals surface area (Å²) in [5.41, 5.74) is 0. The van der Waals surface area contributed by atoms with Crippen LogP contribution in [-0.4, -0.2) is 90.3 Å². The van der Waals surface area contributed by atoms with E-state index in [4.69, 9.17) is 0 Å². The summed E-state index contributed by atoms with van der Waals surface area (Å²) in [6.45, 7) is 9.12. The lowest BCUT2D eigenvalue weighted by atomic mass is 10.3. The quantitative estimate of drug-likeness (QED) is 0.361. The highest BCUT2D eigenvalue weighted by Crippen LogP contribution is 1.83. The minimum Gasteiger partial charge on any atom is -0.317 e. The van der Waals surface area contributed by atoms with Crippen molar-refractivity contribution >= 4 is 0 Å². The van der Waals surface area contributed by atoms with Crippen molar-refractivity contribution in [2.24, 2.45) is 0 Å². The van der Waals surface area contributed by atoms with Gasteiger partial charge in [0.25, 0.3) is 0 Å². The molecule has 5 nitrogen and oxygen atoms in total. The number of hydrogen-bond donors (Lipinski definition) is 3. The fraction of sp³-hybridized carbons (Fsp3) is 1.00. The SMILES string of the molecule is CN(C)CCCNCCCNCCCNCCCN(C)C. The molecule has 0 fully saturated rings. The summed E-state index contributed by atoms with van der Waals surface area (Å²) in [5, 5.41) is 10.5. The summed E-state index contributed by atoms with van der Waals surface area (Å²) in [6.07, 6.45) is 4.91. The Morgan fingerprint density at radius 3 is 1.05 bits per heavy atom. The first-order valence-corrected chi connectivity index (χ1v) is 8.54. The minimum atomic E-state index is 1.13. The molecule has 0 spiro atoms. The first kappa shape index (κ1) is 20.8. The first-order chi connectivity index (χ1) is 10.1. The van der Waals surface area contributed by atoms with Gasteiger partial charge < -0.3 is 25.8 Å². The summed E-state index contributed by atoms with van der Waals surface area (Å²) in [5.74, 6) is 0. The Bertz CT molecular complexity index is 177. The van der Waals surface area contributed by atoms with E-state index in [0.29, 0.717) is 0 Å². The van der Waals surface area contributed by atoms with Gasteiger partial charge in [0.2, 0.25) is 0 Å². The third-order valence-electron chi connectivity index (χ3n) is 3.33. The molecule has 0 aromatic carbocycles. The maximum atomic E-state index is 3.51. The molecule has 0 aliphatic carbocycles. The van der Waals surface area contributed by atoms with Gasteiger partial charge in [-0.15, -0.1) is 0 Å². The van der Waals surface area contributed by atoms with Crippen molar-refractivity contribution in [2.75, 3.05) is 80.5 Å². The van der Waals surface area contributed by atoms with Gasteiger partial charge in [-0.2, -0.15) is 0 Å². The van der Waals surface area contributed by atoms with Crippen LogP contribution in [-0.2, 0) is 0 Å². The lowest BCUT2D eigenvalue weighted by Crippen LogP contribution is -2.27. The van der Waals surface area contributed by atoms with Crippen LogP contribution in [0.2, 0.25) is 0 Å². The molecule has 0 saturated carbocycles. The molecule has 0 radical (unpaired) electrons. The van der Waals surface area contributed by atoms with Gasteiger partial charge in [-0.3, -0.25) is 0 Å². The van der Waals surface area contributed by atoms with Gasteiger partial charge in [-0.05, 0) is 106 Å². The normalized spacial score (nSPS) is 11.7. The third kappa shape index (κ3) is 19.8. The van der Waals surface area contributed by atoms with E-state index in [-0.39, 0.29) is 0 Å². The van der Waals surface area contributed by atoms with Crippen LogP contribution < -0.4 is 16.0 Å². The Morgan fingerprint density at radius 2 is 0.762 bits per heavy atom. The van der Waals surface area contributed by atoms with Crippen LogP contribution in [0.15, 0.2) is 0 Å². The van der Waals surface area contributed by atoms with Crippen LogP contribution in [0.4, 0.5) is 0 Å². The predicted octanol–water partition coefficient (Wildman–Crippen LogP) is 0.439. The molecule has 128 valence electrons. The van der Waals surface area contributed by atoms with Gasteiger partial charge >= 0.3 is 0 Å². The Balaban J connectivity index is 2.96. The molecule has 0 atom stereocenters. The number of nitrogens with one attached hydrogen (secondary N) is 3. The van der Waals surface area contributed by atoms with Crippen LogP contribution in [0.1, 0.15) is 25.7 Å². The summed E-state index contributed by atoms with van der Waals surface area (Å²) < 4.78 is 0. The van der Waals surface area contributed by atoms with E-state index < -0.39 is 0 Å². The summed E-state index contributed by atoms with van der Waals surface area (Å²) in [7, 11) is 8.50. The molecule has 0 bridgehead atoms. The largest absolute Gasteiger partial charge is 0.317 e. The van der Waals surface area contributed by atoms with Crippen molar-refractivity contribution in [1.29, 1.82) is 0 Å². The average Bonchev–Trinajstić information content (AvgIpc) is 2.42. The summed E-state index contributed by atoms with van der Waals surface area (Å²) >= 11 is 0. The Hall–Kier alpha value is -0.200. The molecule has 0 amide bonds. The van der Waals surface area contributed by atoms with Crippen molar-refractivity contribution in [3.8, 4) is 0 Å². The standard InChI is InChI=1S/C16H39N5/c1-20(2)15-7-13-18-11-5-9-17-10-6-12-19-14-8-16-21(3)4/h17-19H,5-16H2,1-4H3. The van der Waals surface area contributed by atoms with E-state index in [1.54, 1.807) is 0 Å². The van der Waals surface area contributed by atoms with Gasteiger partial charge in [0.05, 0.1) is 0 Å². The number of rotatable bonds is 16. The molecule has 0 saturated heterocycles. The summed E-state index contributed by atoms with van der Waals surface area (Å²) in [4.78, 5) is 4.47. The van der Waals surface area contributed by atoms with Crippen molar-refractivity contribution in [3.05, 3.63) is 0 Å². The van der Waals surface area contributed by atoms with E-state index in [2.05, 4.69) is 53.9 Å². The fourth-order valence-corrected chi connectivity index (χ4v) is 2.09. The van der Waals surface area contributed by atoms with E-state index >= 15 is 0 Å². The van der Waals surface area contributed by atoms with E-state index in [1.165, 1.54) is 38.8 Å². The highest BCUT2D eigenvalue weighted by molar-refractivity contribution is 4.56. The topological polar surface area (TPSA) is 42.6 Å². The molecular formula is C16H39N5. The smallest absolute Gasteiger partial charge is 0.00127 e. The van der Waals surface area contributed by atoms with Gasteiger partial charge in [-0.25, -0.2) is 0 Å². The van der Waals surface area contributed by atoms with E-state index in [9.17, 15) is 0 Å². The Morgan fingerprint density at radius 1 is 0.476 bits per heavy atom. The van der Waals surface area contributed by atoms with E-state index in [1.807, 2.05) is 0 Å². The van der Waals surface area contributed by atoms with Crippen LogP contribution in [0, 0.1) is 0 Å². The highest BCUT2D eigenvalue weighted by atomic mass is 15.1. The molecule has 0 aliphatic heterocycles. The predicted molar refractivity (Wildman–Crippen MR) is 94.2 cm³/mol. The molecule has 0 aromatic heterocycles. The van der Waals surface area contributed by atoms with Gasteiger partial charge in [0.15, 0.2) is 0 Å². The first-order valence-electron chi connectivity index (χ1n) is 8.54. The van der Waals surface area contributed by atoms with Gasteiger partial charge in [0.1, 0.15) is 0 Å². The van der Waals surface area contributed by atoms with Crippen LogP contribution in [0.25, 0.3) is 0 Å². The molecule has 0 aromatic rings. The molecular weight excluding hydrogens is 262 g/mol. The molecule has 3 N–H and O–H groups in total. The van der Waals surface area contributed by atoms with Crippen molar-refractivity contribution < 1.29 is 0 Å². The highest BCUT2D eigenvalue weighted by Gasteiger charge is 1.93. The van der Waals surface area contributed by atoms with Crippen molar-refractivity contribution in [3.63, 3.8) is 0 Å². The van der Waals surface area contributed by atoms with Crippen LogP contribution >= 0.6 is 0 Å². The van der Waals surface area contributed by atoms with Gasteiger partial charge in [0, 0.05) is 0 Å². The number of hydrogen-bond acceptors (Lipinski definition) is 5. The lowest BCUT2D eigenvalue weighted by molar-refractivity contribution is 0.393. The molecule has 0 aliphatic rings. The van der Waals surface area contributed by atoms with Crippen LogP contribution in [0.5, 0.6) is 0 Å². The van der Waals surface area contributed by atoms with Crippen molar-refractivity contribution in [1.82, 2.24) is 25.8 Å². The molecule has 0 unspecified atom stereocenters. The molecule has 0 heterocycles. The third-order valence-corrected chi connectivity index (χ3v) is 3.33. The zero-order valence-corrected chi connectivity index (χ0v) is 14.9. The average molecular weight is 302 g/mol.